The van der Waals surface area contributed by atoms with Crippen LogP contribution in [0.25, 0.3) is 0 Å². The SMILES string of the molecule is O=C(O)CC1CN(S(=O)(=O)c2ccc(F)cc2Cl)CCO1. The molecule has 1 atom stereocenters. The Morgan fingerprint density at radius 2 is 2.24 bits per heavy atom. The van der Waals surface area contributed by atoms with E-state index in [2.05, 4.69) is 0 Å². The number of carboxylic acids is 1. The summed E-state index contributed by atoms with van der Waals surface area (Å²) in [7, 11) is -3.92. The first kappa shape index (κ1) is 16.2. The number of carboxylic acid groups (broad SMARTS) is 1. The zero-order chi connectivity index (χ0) is 15.6. The van der Waals surface area contributed by atoms with Gasteiger partial charge in [-0.3, -0.25) is 4.79 Å². The van der Waals surface area contributed by atoms with Crippen LogP contribution in [0, 0.1) is 5.82 Å². The normalized spacial score (nSPS) is 20.4. The Hall–Kier alpha value is -1.22. The van der Waals surface area contributed by atoms with Gasteiger partial charge in [-0.05, 0) is 18.2 Å². The van der Waals surface area contributed by atoms with Crippen LogP contribution in [0.2, 0.25) is 5.02 Å². The van der Waals surface area contributed by atoms with Gasteiger partial charge < -0.3 is 9.84 Å². The molecule has 0 amide bonds. The third kappa shape index (κ3) is 3.70. The van der Waals surface area contributed by atoms with Crippen molar-refractivity contribution in [2.45, 2.75) is 17.4 Å². The molecule has 1 saturated heterocycles. The number of hydrogen-bond acceptors (Lipinski definition) is 4. The van der Waals surface area contributed by atoms with Gasteiger partial charge in [-0.15, -0.1) is 0 Å². The predicted octanol–water partition coefficient (Wildman–Crippen LogP) is 1.34. The molecule has 1 aromatic rings. The lowest BCUT2D eigenvalue weighted by Gasteiger charge is -2.31. The minimum absolute atomic E-state index is 0.0810. The molecule has 0 aromatic heterocycles. The second kappa shape index (κ2) is 6.27. The van der Waals surface area contributed by atoms with Crippen LogP contribution in [-0.2, 0) is 19.6 Å². The zero-order valence-electron chi connectivity index (χ0n) is 10.8. The topological polar surface area (TPSA) is 83.9 Å². The maximum absolute atomic E-state index is 13.0. The van der Waals surface area contributed by atoms with Gasteiger partial charge in [-0.1, -0.05) is 11.6 Å². The van der Waals surface area contributed by atoms with Gasteiger partial charge in [0.25, 0.3) is 0 Å². The monoisotopic (exact) mass is 337 g/mol. The van der Waals surface area contributed by atoms with E-state index in [-0.39, 0.29) is 36.0 Å². The highest BCUT2D eigenvalue weighted by Crippen LogP contribution is 2.26. The lowest BCUT2D eigenvalue weighted by atomic mass is 10.2. The molecule has 0 spiro atoms. The minimum atomic E-state index is -3.92. The smallest absolute Gasteiger partial charge is 0.306 e. The van der Waals surface area contributed by atoms with Crippen molar-refractivity contribution < 1.29 is 27.4 Å². The molecule has 0 aliphatic carbocycles. The van der Waals surface area contributed by atoms with Crippen molar-refractivity contribution in [3.05, 3.63) is 29.0 Å². The molecule has 6 nitrogen and oxygen atoms in total. The van der Waals surface area contributed by atoms with E-state index in [1.165, 1.54) is 0 Å². The van der Waals surface area contributed by atoms with Gasteiger partial charge in [0.2, 0.25) is 10.0 Å². The Kier molecular flexibility index (Phi) is 4.82. The largest absolute Gasteiger partial charge is 0.481 e. The molecule has 21 heavy (non-hydrogen) atoms. The summed E-state index contributed by atoms with van der Waals surface area (Å²) in [6.45, 7) is 0.102. The zero-order valence-corrected chi connectivity index (χ0v) is 12.4. The van der Waals surface area contributed by atoms with Crippen LogP contribution in [-0.4, -0.2) is 49.6 Å². The highest BCUT2D eigenvalue weighted by Gasteiger charge is 2.33. The number of sulfonamides is 1. The molecule has 0 radical (unpaired) electrons. The fraction of sp³-hybridized carbons (Fsp3) is 0.417. The van der Waals surface area contributed by atoms with Crippen LogP contribution < -0.4 is 0 Å². The minimum Gasteiger partial charge on any atom is -0.481 e. The van der Waals surface area contributed by atoms with Crippen molar-refractivity contribution in [1.82, 2.24) is 4.31 Å². The van der Waals surface area contributed by atoms with Gasteiger partial charge in [-0.2, -0.15) is 4.31 Å². The first-order valence-electron chi connectivity index (χ1n) is 6.09. The molecule has 1 N–H and O–H groups in total. The fourth-order valence-corrected chi connectivity index (χ4v) is 4.01. The number of hydrogen-bond donors (Lipinski definition) is 1. The van der Waals surface area contributed by atoms with Gasteiger partial charge in [-0.25, -0.2) is 12.8 Å². The first-order chi connectivity index (χ1) is 9.80. The van der Waals surface area contributed by atoms with Crippen LogP contribution >= 0.6 is 11.6 Å². The average molecular weight is 338 g/mol. The maximum Gasteiger partial charge on any atom is 0.306 e. The molecule has 1 heterocycles. The molecule has 9 heteroatoms. The van der Waals surface area contributed by atoms with E-state index in [1.54, 1.807) is 0 Å². The van der Waals surface area contributed by atoms with Crippen LogP contribution in [0.15, 0.2) is 23.1 Å². The third-order valence-corrected chi connectivity index (χ3v) is 5.36. The van der Waals surface area contributed by atoms with Crippen molar-refractivity contribution >= 4 is 27.6 Å². The summed E-state index contributed by atoms with van der Waals surface area (Å²) < 4.78 is 44.3. The van der Waals surface area contributed by atoms with Crippen molar-refractivity contribution in [1.29, 1.82) is 0 Å². The van der Waals surface area contributed by atoms with E-state index >= 15 is 0 Å². The second-order valence-electron chi connectivity index (χ2n) is 4.53. The van der Waals surface area contributed by atoms with E-state index in [9.17, 15) is 17.6 Å². The standard InChI is InChI=1S/C12H13ClFNO5S/c13-10-5-8(14)1-2-11(10)21(18,19)15-3-4-20-9(7-15)6-12(16)17/h1-2,5,9H,3-4,6-7H2,(H,16,17). The van der Waals surface area contributed by atoms with Crippen molar-refractivity contribution in [2.75, 3.05) is 19.7 Å². The molecular weight excluding hydrogens is 325 g/mol. The Labute approximate surface area is 126 Å². The van der Waals surface area contributed by atoms with E-state index in [0.717, 1.165) is 22.5 Å². The first-order valence-corrected chi connectivity index (χ1v) is 7.91. The second-order valence-corrected chi connectivity index (χ2v) is 6.84. The molecule has 116 valence electrons. The maximum atomic E-state index is 13.0. The number of ether oxygens (including phenoxy) is 1. The van der Waals surface area contributed by atoms with E-state index < -0.39 is 27.9 Å². The van der Waals surface area contributed by atoms with E-state index in [0.29, 0.717) is 0 Å². The number of nitrogens with zero attached hydrogens (tertiary/aromatic N) is 1. The summed E-state index contributed by atoms with van der Waals surface area (Å²) in [5.74, 6) is -1.70. The molecule has 2 rings (SSSR count). The Morgan fingerprint density at radius 3 is 2.86 bits per heavy atom. The van der Waals surface area contributed by atoms with Gasteiger partial charge in [0.15, 0.2) is 0 Å². The summed E-state index contributed by atoms with van der Waals surface area (Å²) in [6, 6.07) is 3.02. The van der Waals surface area contributed by atoms with Crippen LogP contribution in [0.4, 0.5) is 4.39 Å². The van der Waals surface area contributed by atoms with Gasteiger partial charge in [0, 0.05) is 13.1 Å². The van der Waals surface area contributed by atoms with Crippen LogP contribution in [0.5, 0.6) is 0 Å². The third-order valence-electron chi connectivity index (χ3n) is 3.02. The molecule has 1 aromatic carbocycles. The molecular formula is C12H13ClFNO5S. The van der Waals surface area contributed by atoms with Gasteiger partial charge in [0.05, 0.1) is 24.2 Å². The molecule has 1 unspecified atom stereocenters. The number of benzene rings is 1. The number of morpholine rings is 1. The molecule has 0 saturated carbocycles. The number of carbonyl (C=O) groups is 1. The summed E-state index contributed by atoms with van der Waals surface area (Å²) in [6.07, 6.45) is -1.01. The lowest BCUT2D eigenvalue weighted by molar-refractivity contribution is -0.141. The average Bonchev–Trinajstić information content (AvgIpc) is 2.37. The predicted molar refractivity (Wildman–Crippen MR) is 72.2 cm³/mol. The number of rotatable bonds is 4. The van der Waals surface area contributed by atoms with Crippen molar-refractivity contribution in [3.63, 3.8) is 0 Å². The molecule has 1 aliphatic heterocycles. The van der Waals surface area contributed by atoms with E-state index in [4.69, 9.17) is 21.4 Å². The van der Waals surface area contributed by atoms with Crippen molar-refractivity contribution in [2.24, 2.45) is 0 Å². The Bertz CT molecular complexity index is 651. The lowest BCUT2D eigenvalue weighted by Crippen LogP contribution is -2.46. The van der Waals surface area contributed by atoms with E-state index in [1.807, 2.05) is 0 Å². The van der Waals surface area contributed by atoms with Crippen LogP contribution in [0.1, 0.15) is 6.42 Å². The molecule has 0 bridgehead atoms. The quantitative estimate of drug-likeness (QED) is 0.896. The summed E-state index contributed by atoms with van der Waals surface area (Å²) >= 11 is 5.78. The highest BCUT2D eigenvalue weighted by molar-refractivity contribution is 7.89. The number of halogens is 2. The summed E-state index contributed by atoms with van der Waals surface area (Å²) in [4.78, 5) is 10.5. The van der Waals surface area contributed by atoms with Crippen molar-refractivity contribution in [3.8, 4) is 0 Å². The Morgan fingerprint density at radius 1 is 1.52 bits per heavy atom. The molecule has 1 aliphatic rings. The fourth-order valence-electron chi connectivity index (χ4n) is 2.05. The summed E-state index contributed by atoms with van der Waals surface area (Å²) in [5.41, 5.74) is 0. The Balaban J connectivity index is 2.24. The van der Waals surface area contributed by atoms with Crippen LogP contribution in [0.3, 0.4) is 0 Å². The summed E-state index contributed by atoms with van der Waals surface area (Å²) in [5, 5.41) is 8.52. The van der Waals surface area contributed by atoms with Gasteiger partial charge >= 0.3 is 5.97 Å². The molecule has 1 fully saturated rings. The highest BCUT2D eigenvalue weighted by atomic mass is 35.5. The van der Waals surface area contributed by atoms with Gasteiger partial charge in [0.1, 0.15) is 10.7 Å². The number of aliphatic carboxylic acids is 1.